The van der Waals surface area contributed by atoms with Crippen LogP contribution in [0.5, 0.6) is 0 Å². The van der Waals surface area contributed by atoms with Crippen molar-refractivity contribution in [2.75, 3.05) is 0 Å². The lowest BCUT2D eigenvalue weighted by atomic mass is 9.85. The van der Waals surface area contributed by atoms with Crippen molar-refractivity contribution in [3.05, 3.63) is 81.9 Å². The molecule has 0 unspecified atom stereocenters. The fourth-order valence-corrected chi connectivity index (χ4v) is 2.70. The van der Waals surface area contributed by atoms with Gasteiger partial charge in [0.25, 0.3) is 0 Å². The largest absolute Gasteiger partial charge is 0.294 e. The maximum Gasteiger partial charge on any atom is 0.220 e. The Labute approximate surface area is 129 Å². The fraction of sp³-hybridized carbons (Fsp3) is 0.278. The van der Waals surface area contributed by atoms with E-state index in [9.17, 15) is 14.9 Å². The maximum absolute atomic E-state index is 12.4. The molecule has 2 aromatic carbocycles. The molecule has 0 saturated heterocycles. The summed E-state index contributed by atoms with van der Waals surface area (Å²) in [6.45, 7) is 1.79. The van der Waals surface area contributed by atoms with E-state index in [0.29, 0.717) is 12.0 Å². The second-order valence-corrected chi connectivity index (χ2v) is 5.27. The Hall–Kier alpha value is -2.49. The molecule has 0 saturated carbocycles. The molecule has 0 bridgehead atoms. The first kappa shape index (κ1) is 15.9. The Morgan fingerprint density at radius 3 is 2.09 bits per heavy atom. The first-order chi connectivity index (χ1) is 10.6. The van der Waals surface area contributed by atoms with Gasteiger partial charge >= 0.3 is 0 Å². The molecule has 0 spiro atoms. The van der Waals surface area contributed by atoms with Crippen LogP contribution in [0.25, 0.3) is 0 Å². The van der Waals surface area contributed by atoms with Crippen molar-refractivity contribution < 1.29 is 9.72 Å². The summed E-state index contributed by atoms with van der Waals surface area (Å²) in [5.41, 5.74) is 1.44. The zero-order chi connectivity index (χ0) is 15.9. The lowest BCUT2D eigenvalue weighted by Gasteiger charge is -2.20. The van der Waals surface area contributed by atoms with Gasteiger partial charge in [0.05, 0.1) is 5.92 Å². The average Bonchev–Trinajstić information content (AvgIpc) is 2.55. The number of carbonyl (C=O) groups is 1. The van der Waals surface area contributed by atoms with Crippen molar-refractivity contribution in [1.82, 2.24) is 0 Å². The second kappa shape index (κ2) is 7.50. The predicted octanol–water partition coefficient (Wildman–Crippen LogP) is 4.10. The zero-order valence-electron chi connectivity index (χ0n) is 12.5. The van der Waals surface area contributed by atoms with E-state index in [0.717, 1.165) is 5.56 Å². The molecule has 4 heteroatoms. The summed E-state index contributed by atoms with van der Waals surface area (Å²) < 4.78 is 0. The Balaban J connectivity index is 2.29. The van der Waals surface area contributed by atoms with Gasteiger partial charge in [-0.25, -0.2) is 0 Å². The van der Waals surface area contributed by atoms with E-state index in [4.69, 9.17) is 0 Å². The monoisotopic (exact) mass is 297 g/mol. The van der Waals surface area contributed by atoms with Gasteiger partial charge in [0, 0.05) is 23.3 Å². The van der Waals surface area contributed by atoms with Crippen LogP contribution in [0.4, 0.5) is 0 Å². The van der Waals surface area contributed by atoms with E-state index in [1.165, 1.54) is 0 Å². The molecule has 0 N–H and O–H groups in total. The summed E-state index contributed by atoms with van der Waals surface area (Å²) in [4.78, 5) is 23.5. The van der Waals surface area contributed by atoms with Gasteiger partial charge in [0.2, 0.25) is 6.04 Å². The number of hydrogen-bond donors (Lipinski definition) is 0. The molecule has 114 valence electrons. The molecule has 0 aliphatic rings. The van der Waals surface area contributed by atoms with Gasteiger partial charge in [-0.1, -0.05) is 67.6 Å². The molecule has 0 aliphatic carbocycles. The molecule has 0 aliphatic heterocycles. The van der Waals surface area contributed by atoms with Crippen molar-refractivity contribution in [3.8, 4) is 0 Å². The topological polar surface area (TPSA) is 60.2 Å². The van der Waals surface area contributed by atoms with Crippen LogP contribution in [0.3, 0.4) is 0 Å². The first-order valence-corrected chi connectivity index (χ1v) is 7.40. The highest BCUT2D eigenvalue weighted by Gasteiger charge is 2.32. The SMILES string of the molecule is CC[C@H]([C@H](CC(=O)c1ccccc1)c1ccccc1)[N+](=O)[O-]. The summed E-state index contributed by atoms with van der Waals surface area (Å²) in [6, 6.07) is 17.5. The van der Waals surface area contributed by atoms with Crippen molar-refractivity contribution in [2.45, 2.75) is 31.7 Å². The number of carbonyl (C=O) groups excluding carboxylic acids is 1. The van der Waals surface area contributed by atoms with Crippen molar-refractivity contribution in [1.29, 1.82) is 0 Å². The molecular formula is C18H19NO3. The lowest BCUT2D eigenvalue weighted by molar-refractivity contribution is -0.527. The Morgan fingerprint density at radius 1 is 1.05 bits per heavy atom. The number of hydrogen-bond acceptors (Lipinski definition) is 3. The van der Waals surface area contributed by atoms with Crippen LogP contribution < -0.4 is 0 Å². The van der Waals surface area contributed by atoms with Crippen LogP contribution in [0.1, 0.15) is 41.6 Å². The van der Waals surface area contributed by atoms with Crippen molar-refractivity contribution in [2.24, 2.45) is 0 Å². The molecular weight excluding hydrogens is 278 g/mol. The Kier molecular flexibility index (Phi) is 5.42. The standard InChI is InChI=1S/C18H19NO3/c1-2-17(19(21)22)16(14-9-5-3-6-10-14)13-18(20)15-11-7-4-8-12-15/h3-12,16-17H,2,13H2,1H3/t16-,17-/m1/s1. The van der Waals surface area contributed by atoms with E-state index < -0.39 is 12.0 Å². The minimum absolute atomic E-state index is 0.0604. The van der Waals surface area contributed by atoms with Gasteiger partial charge in [-0.2, -0.15) is 0 Å². The van der Waals surface area contributed by atoms with Gasteiger partial charge in [-0.15, -0.1) is 0 Å². The zero-order valence-corrected chi connectivity index (χ0v) is 12.5. The van der Waals surface area contributed by atoms with Gasteiger partial charge < -0.3 is 0 Å². The number of rotatable bonds is 7. The van der Waals surface area contributed by atoms with Crippen LogP contribution in [-0.2, 0) is 0 Å². The molecule has 0 radical (unpaired) electrons. The van der Waals surface area contributed by atoms with Crippen molar-refractivity contribution in [3.63, 3.8) is 0 Å². The minimum atomic E-state index is -0.755. The van der Waals surface area contributed by atoms with Crippen LogP contribution in [-0.4, -0.2) is 16.7 Å². The third-order valence-corrected chi connectivity index (χ3v) is 3.88. The molecule has 2 rings (SSSR count). The van der Waals surface area contributed by atoms with E-state index >= 15 is 0 Å². The van der Waals surface area contributed by atoms with Gasteiger partial charge in [0.15, 0.2) is 5.78 Å². The second-order valence-electron chi connectivity index (χ2n) is 5.27. The number of ketones is 1. The molecule has 0 fully saturated rings. The van der Waals surface area contributed by atoms with Crippen LogP contribution in [0.15, 0.2) is 60.7 Å². The summed E-state index contributed by atoms with van der Waals surface area (Å²) in [7, 11) is 0. The predicted molar refractivity (Wildman–Crippen MR) is 85.6 cm³/mol. The highest BCUT2D eigenvalue weighted by atomic mass is 16.6. The molecule has 2 atom stereocenters. The summed E-state index contributed by atoms with van der Waals surface area (Å²) in [6.07, 6.45) is 0.544. The van der Waals surface area contributed by atoms with Crippen LogP contribution in [0, 0.1) is 10.1 Å². The highest BCUT2D eigenvalue weighted by Crippen LogP contribution is 2.28. The number of nitro groups is 1. The summed E-state index contributed by atoms with van der Waals surface area (Å²) in [5.74, 6) is -0.469. The van der Waals surface area contributed by atoms with Crippen LogP contribution >= 0.6 is 0 Å². The number of benzene rings is 2. The van der Waals surface area contributed by atoms with Gasteiger partial charge in [-0.05, 0) is 5.56 Å². The quantitative estimate of drug-likeness (QED) is 0.439. The number of Topliss-reactive ketones (excluding diaryl/α,β-unsaturated/α-hetero) is 1. The van der Waals surface area contributed by atoms with Gasteiger partial charge in [0.1, 0.15) is 0 Å². The molecule has 0 heterocycles. The molecule has 4 nitrogen and oxygen atoms in total. The van der Waals surface area contributed by atoms with Gasteiger partial charge in [-0.3, -0.25) is 14.9 Å². The molecule has 2 aromatic rings. The Morgan fingerprint density at radius 2 is 1.59 bits per heavy atom. The average molecular weight is 297 g/mol. The fourth-order valence-electron chi connectivity index (χ4n) is 2.70. The molecule has 22 heavy (non-hydrogen) atoms. The van der Waals surface area contributed by atoms with E-state index in [2.05, 4.69) is 0 Å². The normalized spacial score (nSPS) is 13.3. The highest BCUT2D eigenvalue weighted by molar-refractivity contribution is 5.96. The lowest BCUT2D eigenvalue weighted by Crippen LogP contribution is -2.28. The third-order valence-electron chi connectivity index (χ3n) is 3.88. The van der Waals surface area contributed by atoms with Crippen molar-refractivity contribution >= 4 is 5.78 Å². The molecule has 0 amide bonds. The summed E-state index contributed by atoms with van der Waals surface area (Å²) >= 11 is 0. The third kappa shape index (κ3) is 3.79. The van der Waals surface area contributed by atoms with E-state index in [1.54, 1.807) is 31.2 Å². The number of nitrogens with zero attached hydrogens (tertiary/aromatic N) is 1. The van der Waals surface area contributed by atoms with E-state index in [-0.39, 0.29) is 17.1 Å². The Bertz CT molecular complexity index is 625. The van der Waals surface area contributed by atoms with E-state index in [1.807, 2.05) is 36.4 Å². The van der Waals surface area contributed by atoms with Crippen LogP contribution in [0.2, 0.25) is 0 Å². The minimum Gasteiger partial charge on any atom is -0.294 e. The smallest absolute Gasteiger partial charge is 0.220 e. The molecule has 0 aromatic heterocycles. The summed E-state index contributed by atoms with van der Waals surface area (Å²) in [5, 5.41) is 11.4. The maximum atomic E-state index is 12.4. The first-order valence-electron chi connectivity index (χ1n) is 7.40.